The van der Waals surface area contributed by atoms with Gasteiger partial charge in [-0.15, -0.1) is 5.10 Å². The molecule has 35 heavy (non-hydrogen) atoms. The van der Waals surface area contributed by atoms with Crippen LogP contribution in [0, 0.1) is 13.8 Å². The van der Waals surface area contributed by atoms with Gasteiger partial charge in [0.2, 0.25) is 11.1 Å². The zero-order chi connectivity index (χ0) is 24.4. The lowest BCUT2D eigenvalue weighted by Gasteiger charge is -2.11. The van der Waals surface area contributed by atoms with Gasteiger partial charge in [-0.05, 0) is 32.2 Å². The van der Waals surface area contributed by atoms with Crippen LogP contribution in [0.4, 0.5) is 0 Å². The molecule has 0 aliphatic heterocycles. The predicted octanol–water partition coefficient (Wildman–Crippen LogP) is 4.17. The number of nitrogens with zero attached hydrogens (tertiary/aromatic N) is 6. The molecule has 5 rings (SSSR count). The van der Waals surface area contributed by atoms with E-state index in [9.17, 15) is 4.79 Å². The van der Waals surface area contributed by atoms with Crippen LogP contribution in [0.3, 0.4) is 0 Å². The minimum Gasteiger partial charge on any atom is -0.352 e. The molecular formula is C26H25N7OS. The van der Waals surface area contributed by atoms with Crippen LogP contribution in [-0.4, -0.2) is 41.5 Å². The Balaban J connectivity index is 1.38. The fourth-order valence-electron chi connectivity index (χ4n) is 4.04. The Morgan fingerprint density at radius 3 is 2.40 bits per heavy atom. The van der Waals surface area contributed by atoms with Gasteiger partial charge in [0.05, 0.1) is 17.8 Å². The molecule has 1 amide bonds. The van der Waals surface area contributed by atoms with E-state index in [1.807, 2.05) is 91.6 Å². The van der Waals surface area contributed by atoms with Crippen LogP contribution in [0.15, 0.2) is 72.0 Å². The van der Waals surface area contributed by atoms with Crippen LogP contribution >= 0.6 is 11.8 Å². The topological polar surface area (TPSA) is 90.0 Å². The summed E-state index contributed by atoms with van der Waals surface area (Å²) in [6.45, 7) is 4.21. The van der Waals surface area contributed by atoms with Crippen molar-refractivity contribution in [1.29, 1.82) is 0 Å². The van der Waals surface area contributed by atoms with Crippen molar-refractivity contribution >= 4 is 23.4 Å². The Kier molecular flexibility index (Phi) is 6.33. The molecule has 0 unspecified atom stereocenters. The van der Waals surface area contributed by atoms with E-state index in [1.165, 1.54) is 11.8 Å². The second kappa shape index (κ2) is 9.71. The summed E-state index contributed by atoms with van der Waals surface area (Å²) in [5.41, 5.74) is 6.27. The van der Waals surface area contributed by atoms with Crippen molar-refractivity contribution in [2.75, 3.05) is 6.26 Å². The third kappa shape index (κ3) is 4.67. The molecule has 8 nitrogen and oxygen atoms in total. The minimum absolute atomic E-state index is 0.0889. The average Bonchev–Trinajstić information content (AvgIpc) is 3.51. The van der Waals surface area contributed by atoms with Crippen molar-refractivity contribution in [2.45, 2.75) is 32.0 Å². The van der Waals surface area contributed by atoms with Crippen molar-refractivity contribution < 1.29 is 4.79 Å². The normalized spacial score (nSPS) is 11.2. The van der Waals surface area contributed by atoms with E-state index in [2.05, 4.69) is 20.4 Å². The predicted molar refractivity (Wildman–Crippen MR) is 137 cm³/mol. The van der Waals surface area contributed by atoms with E-state index < -0.39 is 0 Å². The van der Waals surface area contributed by atoms with Gasteiger partial charge >= 0.3 is 0 Å². The Morgan fingerprint density at radius 2 is 1.69 bits per heavy atom. The van der Waals surface area contributed by atoms with Crippen LogP contribution in [0.25, 0.3) is 22.7 Å². The standard InChI is InChI=1S/C26H25N7OS/c1-17-22(18(2)33-25(28-17)29-26(31-33)35-3)14-23(34)27-15-20-16-32(21-12-8-5-9-13-21)30-24(20)19-10-6-4-7-11-19/h4-13,16H,14-15H2,1-3H3,(H,27,34). The van der Waals surface area contributed by atoms with E-state index in [4.69, 9.17) is 5.10 Å². The van der Waals surface area contributed by atoms with Gasteiger partial charge in [0.15, 0.2) is 0 Å². The lowest BCUT2D eigenvalue weighted by atomic mass is 10.1. The van der Waals surface area contributed by atoms with Gasteiger partial charge in [-0.3, -0.25) is 4.79 Å². The summed E-state index contributed by atoms with van der Waals surface area (Å²) < 4.78 is 3.56. The maximum absolute atomic E-state index is 13.0. The molecule has 0 radical (unpaired) electrons. The number of carbonyl (C=O) groups is 1. The van der Waals surface area contributed by atoms with E-state index in [1.54, 1.807) is 4.52 Å². The van der Waals surface area contributed by atoms with E-state index in [-0.39, 0.29) is 12.3 Å². The van der Waals surface area contributed by atoms with Gasteiger partial charge < -0.3 is 5.32 Å². The highest BCUT2D eigenvalue weighted by Gasteiger charge is 2.17. The molecule has 0 aliphatic carbocycles. The van der Waals surface area contributed by atoms with E-state index >= 15 is 0 Å². The van der Waals surface area contributed by atoms with Gasteiger partial charge in [-0.2, -0.15) is 10.1 Å². The number of aromatic nitrogens is 6. The second-order valence-corrected chi connectivity index (χ2v) is 8.95. The first-order valence-electron chi connectivity index (χ1n) is 11.3. The molecule has 3 heterocycles. The average molecular weight is 484 g/mol. The Morgan fingerprint density at radius 1 is 0.971 bits per heavy atom. The molecule has 2 aromatic carbocycles. The first-order valence-corrected chi connectivity index (χ1v) is 12.5. The number of para-hydroxylation sites is 1. The summed E-state index contributed by atoms with van der Waals surface area (Å²) in [5.74, 6) is 0.461. The van der Waals surface area contributed by atoms with Crippen LogP contribution in [0.1, 0.15) is 22.5 Å². The second-order valence-electron chi connectivity index (χ2n) is 8.17. The van der Waals surface area contributed by atoms with Gasteiger partial charge in [-0.1, -0.05) is 60.3 Å². The number of amides is 1. The summed E-state index contributed by atoms with van der Waals surface area (Å²) in [5, 5.41) is 13.0. The Bertz CT molecular complexity index is 1490. The smallest absolute Gasteiger partial charge is 0.253 e. The minimum atomic E-state index is -0.0889. The van der Waals surface area contributed by atoms with E-state index in [0.29, 0.717) is 17.5 Å². The third-order valence-corrected chi connectivity index (χ3v) is 6.42. The van der Waals surface area contributed by atoms with Crippen LogP contribution < -0.4 is 5.32 Å². The number of rotatable bonds is 7. The molecule has 0 fully saturated rings. The zero-order valence-electron chi connectivity index (χ0n) is 19.8. The molecule has 1 N–H and O–H groups in total. The lowest BCUT2D eigenvalue weighted by Crippen LogP contribution is -2.26. The fourth-order valence-corrected chi connectivity index (χ4v) is 4.38. The summed E-state index contributed by atoms with van der Waals surface area (Å²) >= 11 is 1.46. The maximum atomic E-state index is 13.0. The summed E-state index contributed by atoms with van der Waals surface area (Å²) in [6.07, 6.45) is 4.11. The first kappa shape index (κ1) is 22.8. The molecule has 176 valence electrons. The quantitative estimate of drug-likeness (QED) is 0.350. The molecule has 0 atom stereocenters. The van der Waals surface area contributed by atoms with Crippen molar-refractivity contribution in [2.24, 2.45) is 0 Å². The highest BCUT2D eigenvalue weighted by Crippen LogP contribution is 2.24. The molecule has 0 saturated heterocycles. The van der Waals surface area contributed by atoms with Crippen molar-refractivity contribution in [3.05, 3.63) is 89.4 Å². The van der Waals surface area contributed by atoms with E-state index in [0.717, 1.165) is 39.5 Å². The number of carbonyl (C=O) groups excluding carboxylic acids is 1. The fraction of sp³-hybridized carbons (Fsp3) is 0.192. The van der Waals surface area contributed by atoms with Crippen LogP contribution in [0.5, 0.6) is 0 Å². The highest BCUT2D eigenvalue weighted by molar-refractivity contribution is 7.98. The van der Waals surface area contributed by atoms with Crippen molar-refractivity contribution in [3.63, 3.8) is 0 Å². The number of benzene rings is 2. The molecular weight excluding hydrogens is 458 g/mol. The molecule has 9 heteroatoms. The van der Waals surface area contributed by atoms with Crippen LogP contribution in [0.2, 0.25) is 0 Å². The first-order chi connectivity index (χ1) is 17.0. The molecule has 0 spiro atoms. The number of fused-ring (bicyclic) bond motifs is 1. The molecule has 0 aliphatic rings. The SMILES string of the molecule is CSc1nc2nc(C)c(CC(=O)NCc3cn(-c4ccccc4)nc3-c3ccccc3)c(C)n2n1. The van der Waals surface area contributed by atoms with Gasteiger partial charge in [0.25, 0.3) is 5.78 Å². The summed E-state index contributed by atoms with van der Waals surface area (Å²) in [6, 6.07) is 19.9. The zero-order valence-corrected chi connectivity index (χ0v) is 20.6. The largest absolute Gasteiger partial charge is 0.352 e. The van der Waals surface area contributed by atoms with Gasteiger partial charge in [0.1, 0.15) is 0 Å². The number of hydrogen-bond acceptors (Lipinski definition) is 6. The van der Waals surface area contributed by atoms with Crippen molar-refractivity contribution in [3.8, 4) is 16.9 Å². The Labute approximate surface area is 207 Å². The summed E-state index contributed by atoms with van der Waals surface area (Å²) in [4.78, 5) is 22.0. The number of nitrogens with one attached hydrogen (secondary N) is 1. The van der Waals surface area contributed by atoms with Crippen LogP contribution in [-0.2, 0) is 17.8 Å². The maximum Gasteiger partial charge on any atom is 0.253 e. The highest BCUT2D eigenvalue weighted by atomic mass is 32.2. The molecule has 0 bridgehead atoms. The summed E-state index contributed by atoms with van der Waals surface area (Å²) in [7, 11) is 0. The third-order valence-electron chi connectivity index (χ3n) is 5.88. The monoisotopic (exact) mass is 483 g/mol. The molecule has 3 aromatic heterocycles. The number of aryl methyl sites for hydroxylation is 2. The molecule has 5 aromatic rings. The number of thioether (sulfide) groups is 1. The number of hydrogen-bond donors (Lipinski definition) is 1. The lowest BCUT2D eigenvalue weighted by molar-refractivity contribution is -0.120. The molecule has 0 saturated carbocycles. The van der Waals surface area contributed by atoms with Gasteiger partial charge in [-0.25, -0.2) is 14.2 Å². The van der Waals surface area contributed by atoms with Crippen molar-refractivity contribution in [1.82, 2.24) is 34.7 Å². The Hall–Kier alpha value is -3.98. The van der Waals surface area contributed by atoms with Gasteiger partial charge in [0, 0.05) is 40.8 Å².